The fourth-order valence-electron chi connectivity index (χ4n) is 1.52. The Balaban J connectivity index is 4.52. The van der Waals surface area contributed by atoms with Crippen LogP contribution in [0.5, 0.6) is 0 Å². The summed E-state index contributed by atoms with van der Waals surface area (Å²) in [5.74, 6) is 1.29. The Kier molecular flexibility index (Phi) is 8.69. The summed E-state index contributed by atoms with van der Waals surface area (Å²) in [4.78, 5) is 2.23. The van der Waals surface area contributed by atoms with E-state index in [1.807, 2.05) is 12.2 Å². The topological polar surface area (TPSA) is 3.24 Å². The molecule has 0 amide bonds. The summed E-state index contributed by atoms with van der Waals surface area (Å²) in [6.45, 7) is 10.3. The van der Waals surface area contributed by atoms with Crippen LogP contribution < -0.4 is 0 Å². The van der Waals surface area contributed by atoms with Gasteiger partial charge in [-0.15, -0.1) is 0 Å². The standard InChI is InChI=1S/C15H25NS/c1-6-7-8-10-13(2)14(3)15(4)16(5)11-9-12-17/h6-11,14-15,17H,1,12H2,2-5H3/b8-7-,11-9-,13-10+. The summed E-state index contributed by atoms with van der Waals surface area (Å²) in [7, 11) is 2.11. The number of rotatable bonds is 7. The molecule has 2 unspecified atom stereocenters. The molecule has 0 radical (unpaired) electrons. The maximum Gasteiger partial charge on any atom is 0.0315 e. The molecule has 2 heteroatoms. The van der Waals surface area contributed by atoms with Crippen LogP contribution in [0.2, 0.25) is 0 Å². The van der Waals surface area contributed by atoms with Crippen molar-refractivity contribution in [2.45, 2.75) is 26.8 Å². The van der Waals surface area contributed by atoms with Crippen molar-refractivity contribution in [3.63, 3.8) is 0 Å². The van der Waals surface area contributed by atoms with E-state index in [0.29, 0.717) is 12.0 Å². The smallest absolute Gasteiger partial charge is 0.0315 e. The second kappa shape index (κ2) is 9.17. The second-order valence-corrected chi connectivity index (χ2v) is 4.66. The van der Waals surface area contributed by atoms with Crippen molar-refractivity contribution in [1.29, 1.82) is 0 Å². The van der Waals surface area contributed by atoms with E-state index in [1.165, 1.54) is 5.57 Å². The monoisotopic (exact) mass is 251 g/mol. The molecule has 0 heterocycles. The highest BCUT2D eigenvalue weighted by molar-refractivity contribution is 7.80. The minimum atomic E-state index is 0.472. The van der Waals surface area contributed by atoms with Crippen LogP contribution in [0.25, 0.3) is 0 Å². The SMILES string of the molecule is C=C/C=C\C=C(/C)C(C)C(C)N(C)/C=C\CS. The molecule has 0 bridgehead atoms. The van der Waals surface area contributed by atoms with Gasteiger partial charge in [0.2, 0.25) is 0 Å². The Labute approximate surface area is 112 Å². The van der Waals surface area contributed by atoms with Crippen LogP contribution in [0, 0.1) is 5.92 Å². The van der Waals surface area contributed by atoms with Gasteiger partial charge in [-0.3, -0.25) is 0 Å². The van der Waals surface area contributed by atoms with E-state index in [1.54, 1.807) is 6.08 Å². The van der Waals surface area contributed by atoms with E-state index in [9.17, 15) is 0 Å². The summed E-state index contributed by atoms with van der Waals surface area (Å²) in [5.41, 5.74) is 1.38. The summed E-state index contributed by atoms with van der Waals surface area (Å²) in [5, 5.41) is 0. The predicted molar refractivity (Wildman–Crippen MR) is 82.5 cm³/mol. The lowest BCUT2D eigenvalue weighted by atomic mass is 9.94. The van der Waals surface area contributed by atoms with Gasteiger partial charge in [-0.05, 0) is 26.0 Å². The Bertz CT molecular complexity index is 302. The van der Waals surface area contributed by atoms with E-state index in [2.05, 4.69) is 70.3 Å². The summed E-state index contributed by atoms with van der Waals surface area (Å²) in [6.07, 6.45) is 12.1. The zero-order valence-electron chi connectivity index (χ0n) is 11.4. The molecular formula is C15H25NS. The quantitative estimate of drug-likeness (QED) is 0.527. The molecule has 17 heavy (non-hydrogen) atoms. The van der Waals surface area contributed by atoms with Crippen molar-refractivity contribution in [2.24, 2.45) is 5.92 Å². The molecule has 0 fully saturated rings. The fourth-order valence-corrected chi connectivity index (χ4v) is 1.61. The highest BCUT2D eigenvalue weighted by atomic mass is 32.1. The predicted octanol–water partition coefficient (Wildman–Crippen LogP) is 4.07. The number of hydrogen-bond donors (Lipinski definition) is 1. The first kappa shape index (κ1) is 16.1. The molecule has 0 aliphatic heterocycles. The Hall–Kier alpha value is -0.890. The van der Waals surface area contributed by atoms with Crippen molar-refractivity contribution in [1.82, 2.24) is 4.90 Å². The van der Waals surface area contributed by atoms with Gasteiger partial charge in [0.1, 0.15) is 0 Å². The summed E-state index contributed by atoms with van der Waals surface area (Å²) >= 11 is 4.17. The third-order valence-electron chi connectivity index (χ3n) is 3.14. The third-order valence-corrected chi connectivity index (χ3v) is 3.35. The van der Waals surface area contributed by atoms with Gasteiger partial charge in [0, 0.05) is 18.8 Å². The Morgan fingerprint density at radius 2 is 2.00 bits per heavy atom. The molecule has 0 aromatic heterocycles. The maximum absolute atomic E-state index is 4.17. The van der Waals surface area contributed by atoms with E-state index >= 15 is 0 Å². The molecule has 0 rings (SSSR count). The minimum Gasteiger partial charge on any atom is -0.377 e. The van der Waals surface area contributed by atoms with Crippen LogP contribution in [0.15, 0.2) is 48.7 Å². The van der Waals surface area contributed by atoms with Gasteiger partial charge in [0.25, 0.3) is 0 Å². The first-order valence-corrected chi connectivity index (χ1v) is 6.63. The van der Waals surface area contributed by atoms with Gasteiger partial charge < -0.3 is 4.90 Å². The molecule has 0 aromatic carbocycles. The minimum absolute atomic E-state index is 0.472. The largest absolute Gasteiger partial charge is 0.377 e. The van der Waals surface area contributed by atoms with Crippen molar-refractivity contribution in [2.75, 3.05) is 12.8 Å². The molecule has 0 saturated heterocycles. The number of hydrogen-bond acceptors (Lipinski definition) is 2. The first-order chi connectivity index (χ1) is 8.04. The molecule has 1 nitrogen and oxygen atoms in total. The van der Waals surface area contributed by atoms with E-state index < -0.39 is 0 Å². The van der Waals surface area contributed by atoms with Gasteiger partial charge in [-0.25, -0.2) is 0 Å². The van der Waals surface area contributed by atoms with Crippen LogP contribution in [-0.2, 0) is 0 Å². The molecule has 0 N–H and O–H groups in total. The molecular weight excluding hydrogens is 226 g/mol. The molecule has 0 aromatic rings. The fraction of sp³-hybridized carbons (Fsp3) is 0.467. The number of thiol groups is 1. The van der Waals surface area contributed by atoms with Crippen LogP contribution >= 0.6 is 12.6 Å². The van der Waals surface area contributed by atoms with Gasteiger partial charge >= 0.3 is 0 Å². The van der Waals surface area contributed by atoms with Crippen molar-refractivity contribution >= 4 is 12.6 Å². The lowest BCUT2D eigenvalue weighted by Crippen LogP contribution is -2.30. The van der Waals surface area contributed by atoms with Crippen molar-refractivity contribution in [3.8, 4) is 0 Å². The van der Waals surface area contributed by atoms with Crippen LogP contribution in [0.3, 0.4) is 0 Å². The Morgan fingerprint density at radius 1 is 1.35 bits per heavy atom. The Morgan fingerprint density at radius 3 is 2.53 bits per heavy atom. The van der Waals surface area contributed by atoms with Gasteiger partial charge in [0.15, 0.2) is 0 Å². The average Bonchev–Trinajstić information content (AvgIpc) is 2.34. The number of allylic oxidation sites excluding steroid dienone is 4. The van der Waals surface area contributed by atoms with Gasteiger partial charge in [0.05, 0.1) is 0 Å². The molecule has 0 aliphatic carbocycles. The van der Waals surface area contributed by atoms with Crippen LogP contribution in [0.1, 0.15) is 20.8 Å². The van der Waals surface area contributed by atoms with E-state index in [0.717, 1.165) is 5.75 Å². The highest BCUT2D eigenvalue weighted by Gasteiger charge is 2.15. The molecule has 0 saturated carbocycles. The normalized spacial score (nSPS) is 16.4. The lowest BCUT2D eigenvalue weighted by Gasteiger charge is -2.29. The van der Waals surface area contributed by atoms with Crippen molar-refractivity contribution in [3.05, 3.63) is 48.7 Å². The van der Waals surface area contributed by atoms with Crippen LogP contribution in [-0.4, -0.2) is 23.7 Å². The van der Waals surface area contributed by atoms with E-state index in [4.69, 9.17) is 0 Å². The first-order valence-electron chi connectivity index (χ1n) is 6.00. The van der Waals surface area contributed by atoms with Crippen molar-refractivity contribution < 1.29 is 0 Å². The molecule has 0 spiro atoms. The average molecular weight is 251 g/mol. The summed E-state index contributed by atoms with van der Waals surface area (Å²) in [6, 6.07) is 0.472. The summed E-state index contributed by atoms with van der Waals surface area (Å²) < 4.78 is 0. The zero-order chi connectivity index (χ0) is 13.3. The van der Waals surface area contributed by atoms with Gasteiger partial charge in [-0.2, -0.15) is 12.6 Å². The van der Waals surface area contributed by atoms with Crippen LogP contribution in [0.4, 0.5) is 0 Å². The van der Waals surface area contributed by atoms with Gasteiger partial charge in [-0.1, -0.05) is 49.5 Å². The molecule has 0 aliphatic rings. The lowest BCUT2D eigenvalue weighted by molar-refractivity contribution is 0.290. The molecule has 96 valence electrons. The highest BCUT2D eigenvalue weighted by Crippen LogP contribution is 2.18. The molecule has 2 atom stereocenters. The maximum atomic E-state index is 4.17. The zero-order valence-corrected chi connectivity index (χ0v) is 12.3. The second-order valence-electron chi connectivity index (χ2n) is 4.29. The third kappa shape index (κ3) is 6.42. The number of nitrogens with zero attached hydrogens (tertiary/aromatic N) is 1. The van der Waals surface area contributed by atoms with E-state index in [-0.39, 0.29) is 0 Å².